The van der Waals surface area contributed by atoms with Crippen molar-refractivity contribution in [3.05, 3.63) is 18.2 Å². The average Bonchev–Trinajstić information content (AvgIpc) is 2.96. The molecule has 1 saturated heterocycles. The third-order valence-corrected chi connectivity index (χ3v) is 5.68. The minimum Gasteiger partial charge on any atom is -0.333 e. The molecule has 19 heavy (non-hydrogen) atoms. The molecule has 0 aliphatic carbocycles. The number of aromatic nitrogens is 2. The standard InChI is InChI=1S/C12H22N4O2S/c1-3-16-9-14-7-12(16)11(6-13)15(2)10-4-5-19(17,18)8-10/h7,9-11H,3-6,8,13H2,1-2H3. The lowest BCUT2D eigenvalue weighted by Crippen LogP contribution is -2.40. The monoisotopic (exact) mass is 286 g/mol. The van der Waals surface area contributed by atoms with Gasteiger partial charge in [-0.3, -0.25) is 4.90 Å². The number of sulfone groups is 1. The quantitative estimate of drug-likeness (QED) is 0.825. The Kier molecular flexibility index (Phi) is 4.27. The Bertz CT molecular complexity index is 526. The first-order valence-electron chi connectivity index (χ1n) is 6.61. The fourth-order valence-electron chi connectivity index (χ4n) is 2.72. The van der Waals surface area contributed by atoms with Gasteiger partial charge in [-0.2, -0.15) is 0 Å². The average molecular weight is 286 g/mol. The van der Waals surface area contributed by atoms with Crippen molar-refractivity contribution in [3.63, 3.8) is 0 Å². The highest BCUT2D eigenvalue weighted by Gasteiger charge is 2.34. The Morgan fingerprint density at radius 2 is 2.37 bits per heavy atom. The van der Waals surface area contributed by atoms with Crippen LogP contribution in [0.15, 0.2) is 12.5 Å². The Morgan fingerprint density at radius 1 is 1.63 bits per heavy atom. The third-order valence-electron chi connectivity index (χ3n) is 3.93. The topological polar surface area (TPSA) is 81.2 Å². The highest BCUT2D eigenvalue weighted by molar-refractivity contribution is 7.91. The van der Waals surface area contributed by atoms with Gasteiger partial charge in [0.25, 0.3) is 0 Å². The molecular weight excluding hydrogens is 264 g/mol. The highest BCUT2D eigenvalue weighted by Crippen LogP contribution is 2.25. The lowest BCUT2D eigenvalue weighted by molar-refractivity contribution is 0.185. The molecule has 2 atom stereocenters. The molecule has 0 spiro atoms. The van der Waals surface area contributed by atoms with Crippen LogP contribution in [0, 0.1) is 0 Å². The van der Waals surface area contributed by atoms with Crippen LogP contribution in [0.2, 0.25) is 0 Å². The van der Waals surface area contributed by atoms with Crippen LogP contribution >= 0.6 is 0 Å². The van der Waals surface area contributed by atoms with E-state index in [4.69, 9.17) is 5.73 Å². The zero-order valence-corrected chi connectivity index (χ0v) is 12.3. The van der Waals surface area contributed by atoms with E-state index in [9.17, 15) is 8.42 Å². The number of nitrogens with zero attached hydrogens (tertiary/aromatic N) is 3. The minimum atomic E-state index is -2.87. The molecule has 1 aliphatic heterocycles. The van der Waals surface area contributed by atoms with E-state index in [1.807, 2.05) is 13.2 Å². The number of likely N-dealkylation sites (N-methyl/N-ethyl adjacent to an activating group) is 1. The molecule has 1 aromatic heterocycles. The van der Waals surface area contributed by atoms with Crippen molar-refractivity contribution < 1.29 is 8.42 Å². The highest BCUT2D eigenvalue weighted by atomic mass is 32.2. The van der Waals surface area contributed by atoms with Crippen molar-refractivity contribution in [3.8, 4) is 0 Å². The summed E-state index contributed by atoms with van der Waals surface area (Å²) < 4.78 is 25.2. The summed E-state index contributed by atoms with van der Waals surface area (Å²) in [6, 6.07) is 0.0690. The van der Waals surface area contributed by atoms with Gasteiger partial charge in [-0.05, 0) is 20.4 Å². The molecule has 108 valence electrons. The minimum absolute atomic E-state index is 0.0146. The van der Waals surface area contributed by atoms with Crippen molar-refractivity contribution in [1.82, 2.24) is 14.5 Å². The van der Waals surface area contributed by atoms with E-state index >= 15 is 0 Å². The van der Waals surface area contributed by atoms with Gasteiger partial charge in [-0.15, -0.1) is 0 Å². The largest absolute Gasteiger partial charge is 0.333 e. The molecule has 0 aromatic carbocycles. The molecule has 7 heteroatoms. The lowest BCUT2D eigenvalue weighted by Gasteiger charge is -2.32. The van der Waals surface area contributed by atoms with Gasteiger partial charge >= 0.3 is 0 Å². The molecule has 6 nitrogen and oxygen atoms in total. The predicted octanol–water partition coefficient (Wildman–Crippen LogP) is 0.0217. The third kappa shape index (κ3) is 2.98. The maximum atomic E-state index is 11.6. The Balaban J connectivity index is 2.18. The van der Waals surface area contributed by atoms with E-state index in [0.29, 0.717) is 13.0 Å². The molecule has 2 unspecified atom stereocenters. The number of nitrogens with two attached hydrogens (primary N) is 1. The number of rotatable bonds is 5. The summed E-state index contributed by atoms with van der Waals surface area (Å²) in [7, 11) is -0.917. The number of aryl methyl sites for hydroxylation is 1. The van der Waals surface area contributed by atoms with Crippen LogP contribution in [-0.4, -0.2) is 54.0 Å². The van der Waals surface area contributed by atoms with Gasteiger partial charge in [0.2, 0.25) is 0 Å². The maximum absolute atomic E-state index is 11.6. The van der Waals surface area contributed by atoms with Crippen LogP contribution in [0.4, 0.5) is 0 Å². The van der Waals surface area contributed by atoms with Crippen molar-refractivity contribution in [2.45, 2.75) is 32.0 Å². The van der Waals surface area contributed by atoms with E-state index in [1.54, 1.807) is 6.33 Å². The first-order chi connectivity index (χ1) is 8.98. The molecule has 0 amide bonds. The van der Waals surface area contributed by atoms with Crippen molar-refractivity contribution in [1.29, 1.82) is 0 Å². The Morgan fingerprint density at radius 3 is 2.89 bits per heavy atom. The van der Waals surface area contributed by atoms with Gasteiger partial charge in [-0.25, -0.2) is 13.4 Å². The summed E-state index contributed by atoms with van der Waals surface area (Å²) in [6.07, 6.45) is 4.30. The zero-order chi connectivity index (χ0) is 14.0. The van der Waals surface area contributed by atoms with Crippen LogP contribution in [0.3, 0.4) is 0 Å². The van der Waals surface area contributed by atoms with Crippen molar-refractivity contribution in [2.24, 2.45) is 5.73 Å². The van der Waals surface area contributed by atoms with Gasteiger partial charge in [-0.1, -0.05) is 0 Å². The van der Waals surface area contributed by atoms with Crippen molar-refractivity contribution in [2.75, 3.05) is 25.1 Å². The summed E-state index contributed by atoms with van der Waals surface area (Å²) in [5, 5.41) is 0. The zero-order valence-electron chi connectivity index (χ0n) is 11.5. The Hall–Kier alpha value is -0.920. The van der Waals surface area contributed by atoms with Crippen LogP contribution in [0.5, 0.6) is 0 Å². The van der Waals surface area contributed by atoms with E-state index in [-0.39, 0.29) is 23.6 Å². The van der Waals surface area contributed by atoms with Gasteiger partial charge < -0.3 is 10.3 Å². The molecule has 1 aliphatic rings. The van der Waals surface area contributed by atoms with Crippen LogP contribution in [-0.2, 0) is 16.4 Å². The lowest BCUT2D eigenvalue weighted by atomic mass is 10.1. The van der Waals surface area contributed by atoms with Crippen LogP contribution in [0.25, 0.3) is 0 Å². The van der Waals surface area contributed by atoms with Crippen LogP contribution in [0.1, 0.15) is 25.1 Å². The van der Waals surface area contributed by atoms with Gasteiger partial charge in [0.15, 0.2) is 9.84 Å². The summed E-state index contributed by atoms with van der Waals surface area (Å²) >= 11 is 0. The first kappa shape index (κ1) is 14.5. The van der Waals surface area contributed by atoms with E-state index in [0.717, 1.165) is 12.2 Å². The summed E-state index contributed by atoms with van der Waals surface area (Å²) in [6.45, 7) is 3.35. The first-order valence-corrected chi connectivity index (χ1v) is 8.43. The van der Waals surface area contributed by atoms with E-state index in [2.05, 4.69) is 21.4 Å². The normalized spacial score (nSPS) is 23.9. The van der Waals surface area contributed by atoms with E-state index in [1.165, 1.54) is 0 Å². The molecule has 2 N–H and O–H groups in total. The fourth-order valence-corrected chi connectivity index (χ4v) is 4.51. The summed E-state index contributed by atoms with van der Waals surface area (Å²) in [5.74, 6) is 0.520. The SMILES string of the molecule is CCn1cncc1C(CN)N(C)C1CCS(=O)(=O)C1. The maximum Gasteiger partial charge on any atom is 0.151 e. The number of imidazole rings is 1. The molecule has 0 saturated carbocycles. The Labute approximate surface area is 114 Å². The van der Waals surface area contributed by atoms with Gasteiger partial charge in [0, 0.05) is 25.3 Å². The van der Waals surface area contributed by atoms with Crippen LogP contribution < -0.4 is 5.73 Å². The fraction of sp³-hybridized carbons (Fsp3) is 0.750. The second-order valence-corrected chi connectivity index (χ2v) is 7.31. The second-order valence-electron chi connectivity index (χ2n) is 5.08. The second kappa shape index (κ2) is 5.60. The summed E-state index contributed by atoms with van der Waals surface area (Å²) in [4.78, 5) is 6.25. The van der Waals surface area contributed by atoms with Gasteiger partial charge in [0.05, 0.1) is 29.6 Å². The molecule has 0 radical (unpaired) electrons. The molecular formula is C12H22N4O2S. The molecule has 1 aromatic rings. The molecule has 1 fully saturated rings. The molecule has 0 bridgehead atoms. The molecule has 2 rings (SSSR count). The van der Waals surface area contributed by atoms with E-state index < -0.39 is 9.84 Å². The predicted molar refractivity (Wildman–Crippen MR) is 74.5 cm³/mol. The molecule has 2 heterocycles. The number of hydrogen-bond donors (Lipinski definition) is 1. The summed E-state index contributed by atoms with van der Waals surface area (Å²) in [5.41, 5.74) is 6.94. The van der Waals surface area contributed by atoms with Gasteiger partial charge in [0.1, 0.15) is 0 Å². The van der Waals surface area contributed by atoms with Crippen molar-refractivity contribution >= 4 is 9.84 Å². The smallest absolute Gasteiger partial charge is 0.151 e. The number of hydrogen-bond acceptors (Lipinski definition) is 5.